The Morgan fingerprint density at radius 1 is 1.53 bits per heavy atom. The van der Waals surface area contributed by atoms with Crippen molar-refractivity contribution in [3.8, 4) is 5.75 Å². The first-order valence-corrected chi connectivity index (χ1v) is 6.08. The number of phenolic OH excluding ortho intramolecular Hbond substituents is 1. The van der Waals surface area contributed by atoms with Crippen LogP contribution in [0.1, 0.15) is 36.3 Å². The van der Waals surface area contributed by atoms with Crippen molar-refractivity contribution in [2.24, 2.45) is 5.92 Å². The monoisotopic (exact) mass is 254 g/mol. The lowest BCUT2D eigenvalue weighted by atomic mass is 9.89. The molecule has 1 aromatic rings. The summed E-state index contributed by atoms with van der Waals surface area (Å²) in [6.07, 6.45) is 2.06. The number of carbonyl (C=O) groups is 1. The topological polar surface area (TPSA) is 57.5 Å². The molecule has 1 atom stereocenters. The average molecular weight is 255 g/mol. The van der Waals surface area contributed by atoms with Gasteiger partial charge in [-0.25, -0.2) is 0 Å². The first-order valence-electron chi connectivity index (χ1n) is 5.70. The van der Waals surface area contributed by atoms with Gasteiger partial charge in [-0.15, -0.1) is 0 Å². The second-order valence-corrected chi connectivity index (χ2v) is 5.08. The summed E-state index contributed by atoms with van der Waals surface area (Å²) in [5, 5.41) is 19.5. The molecule has 0 radical (unpaired) electrons. The van der Waals surface area contributed by atoms with E-state index < -0.39 is 5.97 Å². The lowest BCUT2D eigenvalue weighted by Crippen LogP contribution is -2.09. The molecule has 1 unspecified atom stereocenters. The zero-order valence-corrected chi connectivity index (χ0v) is 10.4. The molecule has 0 bridgehead atoms. The predicted octanol–water partition coefficient (Wildman–Crippen LogP) is 3.32. The fourth-order valence-electron chi connectivity index (χ4n) is 2.24. The third-order valence-electron chi connectivity index (χ3n) is 3.32. The predicted molar refractivity (Wildman–Crippen MR) is 65.6 cm³/mol. The Morgan fingerprint density at radius 3 is 2.71 bits per heavy atom. The number of benzene rings is 1. The zero-order chi connectivity index (χ0) is 12.6. The van der Waals surface area contributed by atoms with Crippen LogP contribution >= 0.6 is 11.6 Å². The molecular formula is C13H15ClO3. The molecule has 0 aromatic heterocycles. The summed E-state index contributed by atoms with van der Waals surface area (Å²) in [5.74, 6) is -0.522. The van der Waals surface area contributed by atoms with Crippen molar-refractivity contribution in [2.75, 3.05) is 0 Å². The number of aliphatic carboxylic acids is 1. The van der Waals surface area contributed by atoms with Crippen LogP contribution in [-0.2, 0) is 4.79 Å². The normalized spacial score (nSPS) is 16.8. The van der Waals surface area contributed by atoms with E-state index in [1.54, 1.807) is 19.1 Å². The van der Waals surface area contributed by atoms with Crippen LogP contribution in [0.3, 0.4) is 0 Å². The highest BCUT2D eigenvalue weighted by molar-refractivity contribution is 6.31. The van der Waals surface area contributed by atoms with Crippen LogP contribution in [0.5, 0.6) is 5.75 Å². The number of halogens is 1. The van der Waals surface area contributed by atoms with E-state index in [2.05, 4.69) is 0 Å². The smallest absolute Gasteiger partial charge is 0.303 e. The summed E-state index contributed by atoms with van der Waals surface area (Å²) in [6, 6.07) is 3.47. The van der Waals surface area contributed by atoms with Gasteiger partial charge in [0.05, 0.1) is 6.42 Å². The van der Waals surface area contributed by atoms with E-state index >= 15 is 0 Å². The molecule has 1 saturated carbocycles. The van der Waals surface area contributed by atoms with Crippen molar-refractivity contribution in [1.29, 1.82) is 0 Å². The molecule has 4 heteroatoms. The van der Waals surface area contributed by atoms with Crippen molar-refractivity contribution in [3.05, 3.63) is 28.3 Å². The number of carboxylic acid groups (broad SMARTS) is 1. The Balaban J connectivity index is 2.41. The molecule has 2 N–H and O–H groups in total. The number of aryl methyl sites for hydroxylation is 1. The molecule has 1 fully saturated rings. The summed E-state index contributed by atoms with van der Waals surface area (Å²) in [5.41, 5.74) is 1.34. The highest BCUT2D eigenvalue weighted by Crippen LogP contribution is 2.49. The van der Waals surface area contributed by atoms with Crippen LogP contribution in [0.2, 0.25) is 5.02 Å². The SMILES string of the molecule is Cc1ccc(Cl)c(C(CC(=O)O)C2CC2)c1O. The first kappa shape index (κ1) is 12.2. The van der Waals surface area contributed by atoms with Crippen molar-refractivity contribution in [2.45, 2.75) is 32.1 Å². The van der Waals surface area contributed by atoms with E-state index in [0.717, 1.165) is 18.4 Å². The fourth-order valence-corrected chi connectivity index (χ4v) is 2.53. The average Bonchev–Trinajstić information content (AvgIpc) is 3.06. The maximum absolute atomic E-state index is 10.9. The van der Waals surface area contributed by atoms with Crippen molar-refractivity contribution >= 4 is 17.6 Å². The molecule has 1 aliphatic carbocycles. The van der Waals surface area contributed by atoms with E-state index in [4.69, 9.17) is 16.7 Å². The number of rotatable bonds is 4. The minimum Gasteiger partial charge on any atom is -0.507 e. The summed E-state index contributed by atoms with van der Waals surface area (Å²) in [6.45, 7) is 1.79. The Morgan fingerprint density at radius 2 is 2.18 bits per heavy atom. The van der Waals surface area contributed by atoms with E-state index in [1.165, 1.54) is 0 Å². The fraction of sp³-hybridized carbons (Fsp3) is 0.462. The van der Waals surface area contributed by atoms with Gasteiger partial charge < -0.3 is 10.2 Å². The van der Waals surface area contributed by atoms with Crippen LogP contribution in [0.25, 0.3) is 0 Å². The van der Waals surface area contributed by atoms with Crippen LogP contribution in [0, 0.1) is 12.8 Å². The van der Waals surface area contributed by atoms with Crippen molar-refractivity contribution in [1.82, 2.24) is 0 Å². The molecule has 0 aliphatic heterocycles. The van der Waals surface area contributed by atoms with Crippen LogP contribution < -0.4 is 0 Å². The molecule has 0 spiro atoms. The van der Waals surface area contributed by atoms with Gasteiger partial charge in [-0.1, -0.05) is 17.7 Å². The van der Waals surface area contributed by atoms with Crippen LogP contribution in [0.4, 0.5) is 0 Å². The number of phenols is 1. The standard InChI is InChI=1S/C13H15ClO3/c1-7-2-5-10(14)12(13(7)17)9(6-11(15)16)8-3-4-8/h2,5,8-9,17H,3-4,6H2,1H3,(H,15,16). The highest BCUT2D eigenvalue weighted by atomic mass is 35.5. The summed E-state index contributed by atoms with van der Waals surface area (Å²) in [7, 11) is 0. The zero-order valence-electron chi connectivity index (χ0n) is 9.61. The number of aromatic hydroxyl groups is 1. The van der Waals surface area contributed by atoms with E-state index in [0.29, 0.717) is 16.5 Å². The number of carboxylic acids is 1. The van der Waals surface area contributed by atoms with Crippen molar-refractivity contribution in [3.63, 3.8) is 0 Å². The van der Waals surface area contributed by atoms with Gasteiger partial charge in [0.1, 0.15) is 5.75 Å². The number of hydrogen-bond donors (Lipinski definition) is 2. The second kappa shape index (κ2) is 4.57. The first-order chi connectivity index (χ1) is 8.00. The lowest BCUT2D eigenvalue weighted by molar-refractivity contribution is -0.137. The lowest BCUT2D eigenvalue weighted by Gasteiger charge is -2.18. The Kier molecular flexibility index (Phi) is 3.29. The van der Waals surface area contributed by atoms with Gasteiger partial charge >= 0.3 is 5.97 Å². The Hall–Kier alpha value is -1.22. The molecule has 3 nitrogen and oxygen atoms in total. The Bertz CT molecular complexity index is 452. The molecule has 0 heterocycles. The van der Waals surface area contributed by atoms with Gasteiger partial charge in [-0.3, -0.25) is 4.79 Å². The summed E-state index contributed by atoms with van der Waals surface area (Å²) < 4.78 is 0. The molecule has 2 rings (SSSR count). The molecule has 0 saturated heterocycles. The molecule has 1 aromatic carbocycles. The van der Waals surface area contributed by atoms with Crippen LogP contribution in [0.15, 0.2) is 12.1 Å². The Labute approximate surface area is 105 Å². The largest absolute Gasteiger partial charge is 0.507 e. The van der Waals surface area contributed by atoms with Gasteiger partial charge in [0.25, 0.3) is 0 Å². The van der Waals surface area contributed by atoms with E-state index in [-0.39, 0.29) is 18.1 Å². The van der Waals surface area contributed by atoms with Gasteiger partial charge in [-0.05, 0) is 37.3 Å². The van der Waals surface area contributed by atoms with Gasteiger partial charge in [0.2, 0.25) is 0 Å². The summed E-state index contributed by atoms with van der Waals surface area (Å²) in [4.78, 5) is 10.9. The minimum absolute atomic E-state index is 0.0292. The van der Waals surface area contributed by atoms with Gasteiger partial charge in [0, 0.05) is 16.5 Å². The molecule has 17 heavy (non-hydrogen) atoms. The molecule has 0 amide bonds. The van der Waals surface area contributed by atoms with E-state index in [1.807, 2.05) is 0 Å². The third-order valence-corrected chi connectivity index (χ3v) is 3.65. The number of hydrogen-bond acceptors (Lipinski definition) is 2. The maximum atomic E-state index is 10.9. The van der Waals surface area contributed by atoms with Gasteiger partial charge in [-0.2, -0.15) is 0 Å². The van der Waals surface area contributed by atoms with Crippen LogP contribution in [-0.4, -0.2) is 16.2 Å². The quantitative estimate of drug-likeness (QED) is 0.867. The van der Waals surface area contributed by atoms with Gasteiger partial charge in [0.15, 0.2) is 0 Å². The molecule has 92 valence electrons. The minimum atomic E-state index is -0.848. The highest BCUT2D eigenvalue weighted by Gasteiger charge is 2.36. The second-order valence-electron chi connectivity index (χ2n) is 4.67. The molecular weight excluding hydrogens is 240 g/mol. The third kappa shape index (κ3) is 2.55. The van der Waals surface area contributed by atoms with Crippen molar-refractivity contribution < 1.29 is 15.0 Å². The molecule has 1 aliphatic rings. The van der Waals surface area contributed by atoms with E-state index in [9.17, 15) is 9.90 Å². The summed E-state index contributed by atoms with van der Waals surface area (Å²) >= 11 is 6.10. The maximum Gasteiger partial charge on any atom is 0.303 e.